The molecule has 27 heavy (non-hydrogen) atoms. The van der Waals surface area contributed by atoms with E-state index in [9.17, 15) is 14.4 Å². The molecule has 0 bridgehead atoms. The summed E-state index contributed by atoms with van der Waals surface area (Å²) in [6.07, 6.45) is -0.497. The SMILES string of the molecule is CC(=O)c1cccc(NC(=O)C(OC(=O)C2CCOC2)c2ccccc2)c1. The molecule has 2 aromatic carbocycles. The van der Waals surface area contributed by atoms with E-state index < -0.39 is 18.0 Å². The summed E-state index contributed by atoms with van der Waals surface area (Å²) in [6.45, 7) is 2.28. The molecule has 0 spiro atoms. The van der Waals surface area contributed by atoms with Gasteiger partial charge in [-0.15, -0.1) is 0 Å². The van der Waals surface area contributed by atoms with Gasteiger partial charge in [-0.05, 0) is 25.5 Å². The number of anilines is 1. The number of amides is 1. The van der Waals surface area contributed by atoms with Gasteiger partial charge in [0.2, 0.25) is 6.10 Å². The highest BCUT2D eigenvalue weighted by atomic mass is 16.6. The van der Waals surface area contributed by atoms with Gasteiger partial charge in [-0.1, -0.05) is 42.5 Å². The monoisotopic (exact) mass is 367 g/mol. The normalized spacial score (nSPS) is 17.1. The molecule has 0 aliphatic carbocycles. The van der Waals surface area contributed by atoms with Gasteiger partial charge in [0.15, 0.2) is 5.78 Å². The Labute approximate surface area is 157 Å². The van der Waals surface area contributed by atoms with Gasteiger partial charge in [-0.25, -0.2) is 0 Å². The Hall–Kier alpha value is -2.99. The van der Waals surface area contributed by atoms with E-state index in [4.69, 9.17) is 9.47 Å². The van der Waals surface area contributed by atoms with Crippen LogP contribution in [0.1, 0.15) is 35.4 Å². The van der Waals surface area contributed by atoms with Crippen molar-refractivity contribution in [2.24, 2.45) is 5.92 Å². The largest absolute Gasteiger partial charge is 0.447 e. The van der Waals surface area contributed by atoms with E-state index in [1.165, 1.54) is 6.92 Å². The van der Waals surface area contributed by atoms with Gasteiger partial charge < -0.3 is 14.8 Å². The van der Waals surface area contributed by atoms with Crippen molar-refractivity contribution in [1.82, 2.24) is 0 Å². The predicted octanol–water partition coefficient (Wildman–Crippen LogP) is 3.15. The lowest BCUT2D eigenvalue weighted by molar-refractivity contribution is -0.158. The van der Waals surface area contributed by atoms with Gasteiger partial charge in [0.1, 0.15) is 0 Å². The van der Waals surface area contributed by atoms with Crippen LogP contribution in [0.3, 0.4) is 0 Å². The average Bonchev–Trinajstić information content (AvgIpc) is 3.21. The first-order chi connectivity index (χ1) is 13.0. The first-order valence-electron chi connectivity index (χ1n) is 8.79. The lowest BCUT2D eigenvalue weighted by Crippen LogP contribution is -2.29. The van der Waals surface area contributed by atoms with Crippen molar-refractivity contribution in [2.45, 2.75) is 19.4 Å². The molecule has 0 radical (unpaired) electrons. The van der Waals surface area contributed by atoms with E-state index in [-0.39, 0.29) is 11.7 Å². The molecule has 1 saturated heterocycles. The van der Waals surface area contributed by atoms with Gasteiger partial charge >= 0.3 is 5.97 Å². The van der Waals surface area contributed by atoms with E-state index in [1.54, 1.807) is 48.5 Å². The molecule has 0 aromatic heterocycles. The van der Waals surface area contributed by atoms with Crippen LogP contribution in [0.5, 0.6) is 0 Å². The first kappa shape index (κ1) is 18.8. The summed E-state index contributed by atoms with van der Waals surface area (Å²) in [4.78, 5) is 36.8. The Morgan fingerprint density at radius 2 is 1.89 bits per heavy atom. The Bertz CT molecular complexity index is 827. The van der Waals surface area contributed by atoms with E-state index in [0.29, 0.717) is 36.4 Å². The molecule has 1 aliphatic rings. The molecule has 1 amide bonds. The lowest BCUT2D eigenvalue weighted by atomic mass is 10.1. The Morgan fingerprint density at radius 1 is 1.11 bits per heavy atom. The number of ketones is 1. The van der Waals surface area contributed by atoms with E-state index in [1.807, 2.05) is 6.07 Å². The second-order valence-electron chi connectivity index (χ2n) is 6.41. The van der Waals surface area contributed by atoms with Gasteiger partial charge in [-0.3, -0.25) is 14.4 Å². The molecule has 1 fully saturated rings. The number of Topliss-reactive ketones (excluding diaryl/α,β-unsaturated/α-hetero) is 1. The maximum atomic E-state index is 12.8. The van der Waals surface area contributed by atoms with Gasteiger partial charge in [-0.2, -0.15) is 0 Å². The number of esters is 1. The van der Waals surface area contributed by atoms with E-state index in [0.717, 1.165) is 0 Å². The van der Waals surface area contributed by atoms with Crippen LogP contribution in [0.4, 0.5) is 5.69 Å². The van der Waals surface area contributed by atoms with Crippen LogP contribution >= 0.6 is 0 Å². The van der Waals surface area contributed by atoms with Gasteiger partial charge in [0.05, 0.1) is 12.5 Å². The maximum Gasteiger partial charge on any atom is 0.312 e. The lowest BCUT2D eigenvalue weighted by Gasteiger charge is -2.20. The minimum absolute atomic E-state index is 0.0987. The van der Waals surface area contributed by atoms with Crippen LogP contribution < -0.4 is 5.32 Å². The van der Waals surface area contributed by atoms with Crippen LogP contribution in [0.2, 0.25) is 0 Å². The molecule has 1 N–H and O–H groups in total. The number of ether oxygens (including phenoxy) is 2. The molecule has 3 rings (SSSR count). The van der Waals surface area contributed by atoms with Crippen molar-refractivity contribution in [3.8, 4) is 0 Å². The Morgan fingerprint density at radius 3 is 2.56 bits per heavy atom. The van der Waals surface area contributed by atoms with Crippen LogP contribution in [0.15, 0.2) is 54.6 Å². The van der Waals surface area contributed by atoms with Crippen molar-refractivity contribution in [1.29, 1.82) is 0 Å². The van der Waals surface area contributed by atoms with Crippen LogP contribution in [0.25, 0.3) is 0 Å². The van der Waals surface area contributed by atoms with Crippen molar-refractivity contribution in [3.05, 3.63) is 65.7 Å². The highest BCUT2D eigenvalue weighted by Gasteiger charge is 2.31. The molecule has 140 valence electrons. The standard InChI is InChI=1S/C21H21NO5/c1-14(23)16-8-5-9-18(12-16)22-20(24)19(15-6-3-2-4-7-15)27-21(25)17-10-11-26-13-17/h2-9,12,17,19H,10-11,13H2,1H3,(H,22,24). The summed E-state index contributed by atoms with van der Waals surface area (Å²) in [7, 11) is 0. The molecule has 1 heterocycles. The first-order valence-corrected chi connectivity index (χ1v) is 8.79. The molecule has 1 aliphatic heterocycles. The van der Waals surface area contributed by atoms with E-state index >= 15 is 0 Å². The smallest absolute Gasteiger partial charge is 0.312 e. The molecular formula is C21H21NO5. The fourth-order valence-electron chi connectivity index (χ4n) is 2.86. The fourth-order valence-corrected chi connectivity index (χ4v) is 2.86. The highest BCUT2D eigenvalue weighted by molar-refractivity contribution is 5.99. The number of hydrogen-bond acceptors (Lipinski definition) is 5. The summed E-state index contributed by atoms with van der Waals surface area (Å²) in [5.41, 5.74) is 1.53. The molecule has 2 atom stereocenters. The molecule has 6 nitrogen and oxygen atoms in total. The predicted molar refractivity (Wildman–Crippen MR) is 99.3 cm³/mol. The van der Waals surface area contributed by atoms with Crippen molar-refractivity contribution >= 4 is 23.3 Å². The van der Waals surface area contributed by atoms with E-state index in [2.05, 4.69) is 5.32 Å². The Balaban J connectivity index is 1.79. The summed E-state index contributed by atoms with van der Waals surface area (Å²) < 4.78 is 10.8. The molecule has 2 unspecified atom stereocenters. The summed E-state index contributed by atoms with van der Waals surface area (Å²) in [5.74, 6) is -1.38. The number of hydrogen-bond donors (Lipinski definition) is 1. The second kappa shape index (κ2) is 8.60. The van der Waals surface area contributed by atoms with Crippen LogP contribution in [-0.2, 0) is 19.1 Å². The van der Waals surface area contributed by atoms with Crippen LogP contribution in [0, 0.1) is 5.92 Å². The third-order valence-corrected chi connectivity index (χ3v) is 4.37. The topological polar surface area (TPSA) is 81.7 Å². The maximum absolute atomic E-state index is 12.8. The third kappa shape index (κ3) is 4.80. The zero-order chi connectivity index (χ0) is 19.2. The minimum Gasteiger partial charge on any atom is -0.447 e. The molecule has 6 heteroatoms. The number of carbonyl (C=O) groups is 3. The molecular weight excluding hydrogens is 346 g/mol. The van der Waals surface area contributed by atoms with Gasteiger partial charge in [0.25, 0.3) is 5.91 Å². The van der Waals surface area contributed by atoms with Crippen molar-refractivity contribution in [2.75, 3.05) is 18.5 Å². The average molecular weight is 367 g/mol. The number of benzene rings is 2. The number of carbonyl (C=O) groups excluding carboxylic acids is 3. The zero-order valence-electron chi connectivity index (χ0n) is 15.0. The van der Waals surface area contributed by atoms with Gasteiger partial charge in [0, 0.05) is 23.4 Å². The quantitative estimate of drug-likeness (QED) is 0.626. The summed E-state index contributed by atoms with van der Waals surface area (Å²) in [5, 5.41) is 2.73. The second-order valence-corrected chi connectivity index (χ2v) is 6.41. The number of rotatable bonds is 6. The summed E-state index contributed by atoms with van der Waals surface area (Å²) >= 11 is 0. The van der Waals surface area contributed by atoms with Crippen molar-refractivity contribution < 1.29 is 23.9 Å². The third-order valence-electron chi connectivity index (χ3n) is 4.37. The highest BCUT2D eigenvalue weighted by Crippen LogP contribution is 2.24. The van der Waals surface area contributed by atoms with Crippen LogP contribution in [-0.4, -0.2) is 30.9 Å². The molecule has 0 saturated carbocycles. The minimum atomic E-state index is -1.08. The fraction of sp³-hybridized carbons (Fsp3) is 0.286. The Kier molecular flexibility index (Phi) is 5.98. The zero-order valence-corrected chi connectivity index (χ0v) is 15.0. The summed E-state index contributed by atoms with van der Waals surface area (Å²) in [6, 6.07) is 15.5. The molecule has 2 aromatic rings. The van der Waals surface area contributed by atoms with Crippen molar-refractivity contribution in [3.63, 3.8) is 0 Å². The number of nitrogens with one attached hydrogen (secondary N) is 1.